The van der Waals surface area contributed by atoms with Crippen molar-refractivity contribution in [2.45, 2.75) is 62.7 Å². The Morgan fingerprint density at radius 3 is 1.36 bits per heavy atom. The first-order valence-corrected chi connectivity index (χ1v) is 12.3. The second-order valence-corrected chi connectivity index (χ2v) is 8.60. The van der Waals surface area contributed by atoms with E-state index < -0.39 is 136 Å². The third-order valence-corrected chi connectivity index (χ3v) is 5.28. The van der Waals surface area contributed by atoms with Crippen LogP contribution in [0.4, 0.5) is 0 Å². The van der Waals surface area contributed by atoms with Gasteiger partial charge < -0.3 is 57.9 Å². The first-order chi connectivity index (χ1) is 19.6. The average molecular weight is 607 g/mol. The maximum atomic E-state index is 12.9. The Labute approximate surface area is 237 Å². The quantitative estimate of drug-likeness (QED) is 0.0581. The van der Waals surface area contributed by atoms with Crippen LogP contribution in [0, 0.1) is 0 Å². The number of aliphatic hydroxyl groups excluding tert-OH is 1. The Kier molecular flexibility index (Phi) is 17.0. The summed E-state index contributed by atoms with van der Waals surface area (Å²) in [6.45, 7) is -2.14. The van der Waals surface area contributed by atoms with Crippen LogP contribution in [-0.2, 0) is 43.2 Å². The van der Waals surface area contributed by atoms with Gasteiger partial charge in [-0.3, -0.25) is 38.4 Å². The predicted molar refractivity (Wildman–Crippen MR) is 135 cm³/mol. The number of amides is 5. The number of hydrogen-bond acceptors (Lipinski definition) is 11. The lowest BCUT2D eigenvalue weighted by molar-refractivity contribution is -0.144. The molecule has 0 rings (SSSR count). The van der Waals surface area contributed by atoms with Gasteiger partial charge in [0.25, 0.3) is 0 Å². The maximum absolute atomic E-state index is 12.9. The molecule has 5 amide bonds. The van der Waals surface area contributed by atoms with E-state index >= 15 is 0 Å². The van der Waals surface area contributed by atoms with Crippen LogP contribution in [-0.4, -0.2) is 123 Å². The van der Waals surface area contributed by atoms with E-state index in [9.17, 15) is 53.4 Å². The zero-order valence-corrected chi connectivity index (χ0v) is 22.2. The first-order valence-electron chi connectivity index (χ1n) is 12.3. The molecule has 20 nitrogen and oxygen atoms in total. The van der Waals surface area contributed by atoms with Gasteiger partial charge >= 0.3 is 23.9 Å². The largest absolute Gasteiger partial charge is 0.481 e. The van der Waals surface area contributed by atoms with Gasteiger partial charge in [-0.05, 0) is 19.3 Å². The maximum Gasteiger partial charge on any atom is 0.326 e. The van der Waals surface area contributed by atoms with Gasteiger partial charge in [0.15, 0.2) is 0 Å². The van der Waals surface area contributed by atoms with Crippen LogP contribution in [0.2, 0.25) is 0 Å². The zero-order valence-electron chi connectivity index (χ0n) is 22.2. The molecule has 0 aliphatic carbocycles. The minimum atomic E-state index is -1.71. The van der Waals surface area contributed by atoms with Crippen LogP contribution in [0.15, 0.2) is 0 Å². The summed E-state index contributed by atoms with van der Waals surface area (Å²) < 4.78 is 0. The summed E-state index contributed by atoms with van der Waals surface area (Å²) in [5, 5.41) is 55.7. The average Bonchev–Trinajstić information content (AvgIpc) is 2.91. The number of aliphatic carboxylic acids is 4. The summed E-state index contributed by atoms with van der Waals surface area (Å²) in [5.41, 5.74) is 5.11. The normalized spacial score (nSPS) is 13.3. The zero-order chi connectivity index (χ0) is 32.4. The topological polar surface area (TPSA) is 341 Å². The lowest BCUT2D eigenvalue weighted by Crippen LogP contribution is -2.57. The van der Waals surface area contributed by atoms with Crippen molar-refractivity contribution in [3.8, 4) is 0 Å². The summed E-state index contributed by atoms with van der Waals surface area (Å²) in [5.74, 6) is -10.9. The van der Waals surface area contributed by atoms with Crippen LogP contribution in [0.1, 0.15) is 38.5 Å². The van der Waals surface area contributed by atoms with Crippen molar-refractivity contribution < 1.29 is 68.7 Å². The smallest absolute Gasteiger partial charge is 0.326 e. The highest BCUT2D eigenvalue weighted by molar-refractivity contribution is 5.95. The summed E-state index contributed by atoms with van der Waals surface area (Å²) in [6.07, 6.45) is -3.62. The lowest BCUT2D eigenvalue weighted by Gasteiger charge is -2.24. The molecule has 20 heteroatoms. The number of carboxylic acid groups (broad SMARTS) is 4. The molecular formula is C22H34N6O14. The van der Waals surface area contributed by atoms with Crippen molar-refractivity contribution in [2.75, 3.05) is 19.7 Å². The fraction of sp³-hybridized carbons (Fsp3) is 0.591. The molecule has 0 aromatic carbocycles. The van der Waals surface area contributed by atoms with Gasteiger partial charge in [-0.25, -0.2) is 4.79 Å². The minimum absolute atomic E-state index is 0.491. The van der Waals surface area contributed by atoms with Crippen molar-refractivity contribution in [1.29, 1.82) is 0 Å². The molecule has 0 aliphatic heterocycles. The second kappa shape index (κ2) is 19.3. The van der Waals surface area contributed by atoms with E-state index in [1.807, 2.05) is 5.32 Å². The van der Waals surface area contributed by atoms with E-state index in [0.29, 0.717) is 0 Å². The van der Waals surface area contributed by atoms with Gasteiger partial charge in [0.05, 0.1) is 19.7 Å². The van der Waals surface area contributed by atoms with Crippen LogP contribution >= 0.6 is 0 Å². The Morgan fingerprint density at radius 2 is 0.952 bits per heavy atom. The number of carbonyl (C=O) groups is 9. The number of rotatable bonds is 21. The van der Waals surface area contributed by atoms with Gasteiger partial charge in [-0.2, -0.15) is 0 Å². The fourth-order valence-electron chi connectivity index (χ4n) is 3.13. The molecule has 0 saturated carbocycles. The fourth-order valence-corrected chi connectivity index (χ4v) is 3.13. The molecule has 0 bridgehead atoms. The molecule has 0 unspecified atom stereocenters. The molecule has 0 heterocycles. The highest BCUT2D eigenvalue weighted by Crippen LogP contribution is 2.05. The molecule has 0 aromatic heterocycles. The van der Waals surface area contributed by atoms with E-state index in [-0.39, 0.29) is 0 Å². The van der Waals surface area contributed by atoms with Crippen molar-refractivity contribution in [3.63, 3.8) is 0 Å². The number of carboxylic acids is 4. The first kappa shape index (κ1) is 37.1. The number of carbonyl (C=O) groups excluding carboxylic acids is 5. The van der Waals surface area contributed by atoms with Gasteiger partial charge in [0.2, 0.25) is 29.5 Å². The molecule has 0 saturated heterocycles. The van der Waals surface area contributed by atoms with Crippen molar-refractivity contribution in [3.05, 3.63) is 0 Å². The van der Waals surface area contributed by atoms with Crippen LogP contribution in [0.3, 0.4) is 0 Å². The van der Waals surface area contributed by atoms with Crippen molar-refractivity contribution in [1.82, 2.24) is 26.6 Å². The van der Waals surface area contributed by atoms with Crippen LogP contribution < -0.4 is 32.3 Å². The number of nitrogens with two attached hydrogens (primary N) is 1. The molecule has 0 aromatic rings. The number of nitrogens with one attached hydrogen (secondary N) is 5. The predicted octanol–water partition coefficient (Wildman–Crippen LogP) is -5.33. The van der Waals surface area contributed by atoms with E-state index in [4.69, 9.17) is 21.1 Å². The van der Waals surface area contributed by atoms with Crippen molar-refractivity contribution >= 4 is 53.4 Å². The summed E-state index contributed by atoms with van der Waals surface area (Å²) >= 11 is 0. The SMILES string of the molecule is NCC(=O)N[C@@H](CO)C(=O)NCC(=O)N[C@@H](CCC(=O)O)C(=O)N[C@@H](CCC(=O)O)C(=O)N[C@@H](CCC(=O)O)C(=O)O. The minimum Gasteiger partial charge on any atom is -0.481 e. The molecule has 4 atom stereocenters. The Balaban J connectivity index is 5.61. The monoisotopic (exact) mass is 606 g/mol. The molecule has 12 N–H and O–H groups in total. The molecule has 0 aliphatic rings. The van der Waals surface area contributed by atoms with Gasteiger partial charge in [-0.1, -0.05) is 0 Å². The summed E-state index contributed by atoms with van der Waals surface area (Å²) in [7, 11) is 0. The van der Waals surface area contributed by atoms with Crippen molar-refractivity contribution in [2.24, 2.45) is 5.73 Å². The third-order valence-electron chi connectivity index (χ3n) is 5.28. The van der Waals surface area contributed by atoms with E-state index in [0.717, 1.165) is 0 Å². The lowest BCUT2D eigenvalue weighted by atomic mass is 10.1. The molecule has 0 radical (unpaired) electrons. The van der Waals surface area contributed by atoms with Gasteiger partial charge in [-0.15, -0.1) is 0 Å². The highest BCUT2D eigenvalue weighted by Gasteiger charge is 2.30. The van der Waals surface area contributed by atoms with Crippen LogP contribution in [0.25, 0.3) is 0 Å². The molecule has 0 spiro atoms. The molecule has 42 heavy (non-hydrogen) atoms. The third kappa shape index (κ3) is 15.7. The highest BCUT2D eigenvalue weighted by atomic mass is 16.4. The van der Waals surface area contributed by atoms with Gasteiger partial charge in [0, 0.05) is 19.3 Å². The van der Waals surface area contributed by atoms with E-state index in [1.165, 1.54) is 0 Å². The number of hydrogen-bond donors (Lipinski definition) is 11. The van der Waals surface area contributed by atoms with E-state index in [2.05, 4.69) is 21.3 Å². The standard InChI is InChI=1S/C22H34N6O14/c23-7-14(30)26-13(9-29)19(38)24-8-15(31)25-10(1-4-16(32)33)20(39)27-11(2-5-17(34)35)21(40)28-12(22(41)42)3-6-18(36)37/h10-13,29H,1-9,23H2,(H,24,38)(H,25,31)(H,26,30)(H,27,39)(H,28,40)(H,32,33)(H,34,35)(H,36,37)(H,41,42)/t10-,11-,12-,13-/m0/s1. The Morgan fingerprint density at radius 1 is 0.548 bits per heavy atom. The molecular weight excluding hydrogens is 572 g/mol. The Bertz CT molecular complexity index is 1040. The van der Waals surface area contributed by atoms with Gasteiger partial charge in [0.1, 0.15) is 24.2 Å². The summed E-state index contributed by atoms with van der Waals surface area (Å²) in [6, 6.07) is -6.50. The Hall–Kier alpha value is -4.85. The van der Waals surface area contributed by atoms with Crippen LogP contribution in [0.5, 0.6) is 0 Å². The second-order valence-electron chi connectivity index (χ2n) is 8.60. The molecule has 236 valence electrons. The summed E-state index contributed by atoms with van der Waals surface area (Å²) in [4.78, 5) is 106. The number of aliphatic hydroxyl groups is 1. The van der Waals surface area contributed by atoms with E-state index in [1.54, 1.807) is 0 Å². The molecule has 0 fully saturated rings.